The third-order valence-electron chi connectivity index (χ3n) is 3.10. The molecular formula is C18H30FN5O2. The molecule has 0 saturated heterocycles. The molecule has 7 nitrogen and oxygen atoms in total. The molecule has 1 rings (SSSR count). The Kier molecular flexibility index (Phi) is 7.79. The molecule has 8 heteroatoms. The first-order valence-electron chi connectivity index (χ1n) is 8.65. The minimum atomic E-state index is -0.575. The van der Waals surface area contributed by atoms with E-state index in [1.54, 1.807) is 0 Å². The summed E-state index contributed by atoms with van der Waals surface area (Å²) < 4.78 is 18.9. The highest BCUT2D eigenvalue weighted by Crippen LogP contribution is 2.09. The predicted molar refractivity (Wildman–Crippen MR) is 100 cm³/mol. The summed E-state index contributed by atoms with van der Waals surface area (Å²) in [5.74, 6) is 0.121. The molecule has 0 aromatic carbocycles. The summed E-state index contributed by atoms with van der Waals surface area (Å²) in [6.45, 7) is 12.3. The van der Waals surface area contributed by atoms with Gasteiger partial charge >= 0.3 is 6.09 Å². The van der Waals surface area contributed by atoms with Crippen LogP contribution in [0, 0.1) is 5.82 Å². The summed E-state index contributed by atoms with van der Waals surface area (Å²) in [7, 11) is 0. The van der Waals surface area contributed by atoms with Gasteiger partial charge in [-0.15, -0.1) is 0 Å². The zero-order chi connectivity index (χ0) is 19.8. The number of nitrogens with zero attached hydrogens (tertiary/aromatic N) is 2. The van der Waals surface area contributed by atoms with Crippen LogP contribution in [-0.2, 0) is 11.3 Å². The number of nitrogens with one attached hydrogen (secondary N) is 3. The van der Waals surface area contributed by atoms with Gasteiger partial charge in [-0.3, -0.25) is 4.98 Å². The number of carbonyl (C=O) groups excluding carboxylic acids is 1. The van der Waals surface area contributed by atoms with Crippen LogP contribution in [0.3, 0.4) is 0 Å². The summed E-state index contributed by atoms with van der Waals surface area (Å²) in [6, 6.07) is 2.89. The first-order chi connectivity index (χ1) is 12.0. The maximum Gasteiger partial charge on any atom is 0.408 e. The number of carbonyl (C=O) groups is 1. The number of ether oxygens (including phenoxy) is 1. The molecule has 0 saturated carbocycles. The van der Waals surface area contributed by atoms with Crippen molar-refractivity contribution < 1.29 is 13.9 Å². The Morgan fingerprint density at radius 1 is 1.27 bits per heavy atom. The minimum absolute atomic E-state index is 0.113. The van der Waals surface area contributed by atoms with E-state index in [4.69, 9.17) is 4.74 Å². The van der Waals surface area contributed by atoms with E-state index >= 15 is 0 Å². The number of aliphatic imine (C=N–C) groups is 1. The molecule has 0 atom stereocenters. The molecule has 0 aliphatic carbocycles. The smallest absolute Gasteiger partial charge is 0.408 e. The number of hydrogen-bond acceptors (Lipinski definition) is 4. The molecule has 0 bridgehead atoms. The fourth-order valence-electron chi connectivity index (χ4n) is 1.96. The minimum Gasteiger partial charge on any atom is -0.444 e. The quantitative estimate of drug-likeness (QED) is 0.531. The first kappa shape index (κ1) is 21.7. The van der Waals surface area contributed by atoms with Crippen LogP contribution in [0.15, 0.2) is 23.3 Å². The standard InChI is InChI=1S/C18H30FN5O2/c1-7-20-15(22-11-14-13(19)9-8-10-21-14)23-12-18(5,6)24-16(25)26-17(2,3)4/h8-10H,7,11-12H2,1-6H3,(H,24,25)(H2,20,22,23). The van der Waals surface area contributed by atoms with Crippen molar-refractivity contribution in [3.8, 4) is 0 Å². The molecule has 0 fully saturated rings. The Bertz CT molecular complexity index is 626. The van der Waals surface area contributed by atoms with Crippen molar-refractivity contribution in [1.29, 1.82) is 0 Å². The molecule has 0 aliphatic rings. The zero-order valence-corrected chi connectivity index (χ0v) is 16.4. The van der Waals surface area contributed by atoms with Crippen LogP contribution in [-0.4, -0.2) is 41.3 Å². The van der Waals surface area contributed by atoms with Gasteiger partial charge < -0.3 is 20.7 Å². The summed E-state index contributed by atoms with van der Waals surface area (Å²) in [4.78, 5) is 20.3. The van der Waals surface area contributed by atoms with Gasteiger partial charge in [0.25, 0.3) is 0 Å². The molecule has 0 spiro atoms. The Hall–Kier alpha value is -2.38. The van der Waals surface area contributed by atoms with E-state index in [9.17, 15) is 9.18 Å². The van der Waals surface area contributed by atoms with Gasteiger partial charge in [0.1, 0.15) is 11.4 Å². The number of guanidine groups is 1. The lowest BCUT2D eigenvalue weighted by molar-refractivity contribution is 0.0474. The molecule has 0 unspecified atom stereocenters. The lowest BCUT2D eigenvalue weighted by Crippen LogP contribution is -2.54. The van der Waals surface area contributed by atoms with Gasteiger partial charge in [0.15, 0.2) is 5.96 Å². The molecule has 146 valence electrons. The van der Waals surface area contributed by atoms with E-state index in [-0.39, 0.29) is 18.1 Å². The molecule has 1 amide bonds. The highest BCUT2D eigenvalue weighted by atomic mass is 19.1. The van der Waals surface area contributed by atoms with Gasteiger partial charge in [0.2, 0.25) is 0 Å². The number of pyridine rings is 1. The van der Waals surface area contributed by atoms with Gasteiger partial charge in [0.05, 0.1) is 17.8 Å². The molecule has 1 heterocycles. The number of aromatic nitrogens is 1. The van der Waals surface area contributed by atoms with E-state index in [1.807, 2.05) is 41.5 Å². The average Bonchev–Trinajstić information content (AvgIpc) is 2.49. The summed E-state index contributed by atoms with van der Waals surface area (Å²) >= 11 is 0. The van der Waals surface area contributed by atoms with Gasteiger partial charge in [0, 0.05) is 19.3 Å². The highest BCUT2D eigenvalue weighted by Gasteiger charge is 2.24. The van der Waals surface area contributed by atoms with Crippen LogP contribution in [0.25, 0.3) is 0 Å². The third kappa shape index (κ3) is 8.64. The van der Waals surface area contributed by atoms with E-state index in [0.29, 0.717) is 19.0 Å². The second-order valence-corrected chi connectivity index (χ2v) is 7.49. The molecular weight excluding hydrogens is 337 g/mol. The molecule has 0 aliphatic heterocycles. The van der Waals surface area contributed by atoms with E-state index in [2.05, 4.69) is 25.9 Å². The topological polar surface area (TPSA) is 87.6 Å². The van der Waals surface area contributed by atoms with E-state index in [0.717, 1.165) is 0 Å². The van der Waals surface area contributed by atoms with Crippen LogP contribution in [0.1, 0.15) is 47.2 Å². The van der Waals surface area contributed by atoms with Gasteiger partial charge in [-0.05, 0) is 53.7 Å². The molecule has 0 radical (unpaired) electrons. The third-order valence-corrected chi connectivity index (χ3v) is 3.10. The first-order valence-corrected chi connectivity index (χ1v) is 8.65. The number of rotatable bonds is 6. The maximum atomic E-state index is 13.6. The molecule has 1 aromatic heterocycles. The van der Waals surface area contributed by atoms with E-state index < -0.39 is 17.2 Å². The number of amides is 1. The van der Waals surface area contributed by atoms with Crippen molar-refractivity contribution in [2.75, 3.05) is 13.1 Å². The van der Waals surface area contributed by atoms with Crippen LogP contribution in [0.5, 0.6) is 0 Å². The summed E-state index contributed by atoms with van der Waals surface area (Å²) in [5.41, 5.74) is -0.859. The average molecular weight is 367 g/mol. The van der Waals surface area contributed by atoms with Crippen molar-refractivity contribution in [3.63, 3.8) is 0 Å². The molecule has 26 heavy (non-hydrogen) atoms. The number of hydrogen-bond donors (Lipinski definition) is 3. The predicted octanol–water partition coefficient (Wildman–Crippen LogP) is 2.58. The fraction of sp³-hybridized carbons (Fsp3) is 0.611. The monoisotopic (exact) mass is 367 g/mol. The molecule has 3 N–H and O–H groups in total. The zero-order valence-electron chi connectivity index (χ0n) is 16.4. The fourth-order valence-corrected chi connectivity index (χ4v) is 1.96. The maximum absolute atomic E-state index is 13.6. The second kappa shape index (κ2) is 9.35. The van der Waals surface area contributed by atoms with Crippen molar-refractivity contribution in [2.24, 2.45) is 4.99 Å². The van der Waals surface area contributed by atoms with E-state index in [1.165, 1.54) is 18.3 Å². The number of alkyl carbamates (subject to hydrolysis) is 1. The van der Waals surface area contributed by atoms with Crippen molar-refractivity contribution in [2.45, 2.75) is 59.2 Å². The summed E-state index contributed by atoms with van der Waals surface area (Å²) in [5, 5.41) is 9.03. The SMILES string of the molecule is CCNC(=NCc1ncccc1F)NCC(C)(C)NC(=O)OC(C)(C)C. The molecule has 1 aromatic rings. The summed E-state index contributed by atoms with van der Waals surface area (Å²) in [6.07, 6.45) is 1.05. The van der Waals surface area contributed by atoms with Gasteiger partial charge in [-0.1, -0.05) is 0 Å². The van der Waals surface area contributed by atoms with Crippen molar-refractivity contribution in [1.82, 2.24) is 20.9 Å². The van der Waals surface area contributed by atoms with Crippen molar-refractivity contribution in [3.05, 3.63) is 29.8 Å². The second-order valence-electron chi connectivity index (χ2n) is 7.49. The lowest BCUT2D eigenvalue weighted by Gasteiger charge is -2.29. The van der Waals surface area contributed by atoms with Crippen molar-refractivity contribution >= 4 is 12.1 Å². The normalized spacial score (nSPS) is 12.5. The van der Waals surface area contributed by atoms with Gasteiger partial charge in [-0.2, -0.15) is 0 Å². The Morgan fingerprint density at radius 2 is 1.96 bits per heavy atom. The van der Waals surface area contributed by atoms with Crippen LogP contribution in [0.4, 0.5) is 9.18 Å². The van der Waals surface area contributed by atoms with Crippen LogP contribution in [0.2, 0.25) is 0 Å². The largest absolute Gasteiger partial charge is 0.444 e. The Labute approximate surface area is 154 Å². The Morgan fingerprint density at radius 3 is 2.54 bits per heavy atom. The van der Waals surface area contributed by atoms with Crippen LogP contribution >= 0.6 is 0 Å². The van der Waals surface area contributed by atoms with Crippen LogP contribution < -0.4 is 16.0 Å². The highest BCUT2D eigenvalue weighted by molar-refractivity contribution is 5.80. The van der Waals surface area contributed by atoms with Gasteiger partial charge in [-0.25, -0.2) is 14.2 Å². The Balaban J connectivity index is 2.65. The number of halogens is 1. The lowest BCUT2D eigenvalue weighted by atomic mass is 10.1.